The van der Waals surface area contributed by atoms with Gasteiger partial charge in [0.15, 0.2) is 0 Å². The van der Waals surface area contributed by atoms with Crippen LogP contribution in [0.25, 0.3) is 22.3 Å². The molecule has 3 aromatic rings. The molecule has 2 aromatic carbocycles. The summed E-state index contributed by atoms with van der Waals surface area (Å²) in [4.78, 5) is 51.6. The van der Waals surface area contributed by atoms with E-state index in [1.165, 1.54) is 0 Å². The van der Waals surface area contributed by atoms with Gasteiger partial charge in [0.2, 0.25) is 5.78 Å². The lowest BCUT2D eigenvalue weighted by Gasteiger charge is -2.03. The molecule has 0 fully saturated rings. The fourth-order valence-corrected chi connectivity index (χ4v) is 3.02. The summed E-state index contributed by atoms with van der Waals surface area (Å²) in [6.45, 7) is 0. The SMILES string of the molecule is O=C1c2nc3ccccc3nc2-c2cc([N+](=O)[O-])c([N+](=O)[O-])c([N+](=O)[O-])c21. The summed E-state index contributed by atoms with van der Waals surface area (Å²) in [6, 6.07) is 7.21. The Morgan fingerprint density at radius 2 is 1.33 bits per heavy atom. The molecular formula is C15H5N5O7. The van der Waals surface area contributed by atoms with Crippen molar-refractivity contribution in [2.75, 3.05) is 0 Å². The molecule has 0 atom stereocenters. The van der Waals surface area contributed by atoms with Crippen LogP contribution in [-0.2, 0) is 0 Å². The lowest BCUT2D eigenvalue weighted by molar-refractivity contribution is -0.441. The van der Waals surface area contributed by atoms with Gasteiger partial charge in [-0.05, 0) is 12.1 Å². The predicted octanol–water partition coefficient (Wildman–Crippen LogP) is 2.57. The molecule has 0 saturated heterocycles. The first-order valence-corrected chi connectivity index (χ1v) is 7.27. The van der Waals surface area contributed by atoms with Crippen LogP contribution >= 0.6 is 0 Å². The van der Waals surface area contributed by atoms with E-state index in [-0.39, 0.29) is 17.0 Å². The normalized spacial score (nSPS) is 11.9. The second-order valence-corrected chi connectivity index (χ2v) is 5.53. The van der Waals surface area contributed by atoms with Crippen LogP contribution in [0.3, 0.4) is 0 Å². The molecule has 0 amide bonds. The average molecular weight is 367 g/mol. The van der Waals surface area contributed by atoms with E-state index in [2.05, 4.69) is 9.97 Å². The maximum atomic E-state index is 12.7. The Morgan fingerprint density at radius 3 is 1.85 bits per heavy atom. The van der Waals surface area contributed by atoms with Crippen LogP contribution in [-0.4, -0.2) is 30.5 Å². The van der Waals surface area contributed by atoms with E-state index in [4.69, 9.17) is 0 Å². The number of nitrogens with zero attached hydrogens (tertiary/aromatic N) is 5. The van der Waals surface area contributed by atoms with Crippen LogP contribution in [0.4, 0.5) is 17.1 Å². The Kier molecular flexibility index (Phi) is 3.18. The third-order valence-electron chi connectivity index (χ3n) is 4.08. The second-order valence-electron chi connectivity index (χ2n) is 5.53. The number of nitro benzene ring substituents is 3. The Morgan fingerprint density at radius 1 is 0.778 bits per heavy atom. The van der Waals surface area contributed by atoms with Crippen molar-refractivity contribution >= 4 is 33.9 Å². The Hall–Kier alpha value is -4.35. The molecule has 0 unspecified atom stereocenters. The first kappa shape index (κ1) is 16.1. The molecule has 0 bridgehead atoms. The molecule has 27 heavy (non-hydrogen) atoms. The molecule has 0 spiro atoms. The highest BCUT2D eigenvalue weighted by atomic mass is 16.6. The zero-order valence-corrected chi connectivity index (χ0v) is 13.0. The van der Waals surface area contributed by atoms with Crippen LogP contribution < -0.4 is 0 Å². The predicted molar refractivity (Wildman–Crippen MR) is 88.4 cm³/mol. The number of carbonyl (C=O) groups is 1. The van der Waals surface area contributed by atoms with E-state index in [1.54, 1.807) is 24.3 Å². The van der Waals surface area contributed by atoms with Gasteiger partial charge in [0.25, 0.3) is 0 Å². The fraction of sp³-hybridized carbons (Fsp3) is 0. The largest absolute Gasteiger partial charge is 0.423 e. The molecule has 12 nitrogen and oxygen atoms in total. The molecule has 0 aliphatic heterocycles. The number of hydrogen-bond acceptors (Lipinski definition) is 9. The minimum atomic E-state index is -1.35. The first-order valence-electron chi connectivity index (χ1n) is 7.27. The van der Waals surface area contributed by atoms with Crippen molar-refractivity contribution in [3.8, 4) is 11.3 Å². The molecule has 132 valence electrons. The van der Waals surface area contributed by atoms with Gasteiger partial charge in [-0.2, -0.15) is 0 Å². The number of benzene rings is 2. The van der Waals surface area contributed by atoms with Gasteiger partial charge in [0.1, 0.15) is 17.0 Å². The van der Waals surface area contributed by atoms with E-state index in [9.17, 15) is 35.1 Å². The molecule has 1 aromatic heterocycles. The summed E-state index contributed by atoms with van der Waals surface area (Å²) in [5.41, 5.74) is -4.17. The van der Waals surface area contributed by atoms with Crippen molar-refractivity contribution in [3.63, 3.8) is 0 Å². The van der Waals surface area contributed by atoms with E-state index < -0.39 is 43.2 Å². The number of fused-ring (bicyclic) bond motifs is 4. The van der Waals surface area contributed by atoms with Gasteiger partial charge >= 0.3 is 17.1 Å². The van der Waals surface area contributed by atoms with Gasteiger partial charge in [0.05, 0.1) is 25.8 Å². The van der Waals surface area contributed by atoms with Crippen LogP contribution in [0.2, 0.25) is 0 Å². The standard InChI is InChI=1S/C15H5N5O7/c21-15-10-6(11-12(15)17-8-4-2-1-3-7(8)16-11)5-9(18(22)23)13(19(24)25)14(10)20(26)27/h1-5H. The van der Waals surface area contributed by atoms with Crippen LogP contribution in [0.15, 0.2) is 30.3 Å². The highest BCUT2D eigenvalue weighted by molar-refractivity contribution is 6.24. The quantitative estimate of drug-likeness (QED) is 0.389. The second kappa shape index (κ2) is 5.32. The summed E-state index contributed by atoms with van der Waals surface area (Å²) in [5.74, 6) is -0.942. The number of carbonyl (C=O) groups excluding carboxylic acids is 1. The number of ketones is 1. The first-order chi connectivity index (χ1) is 12.8. The van der Waals surface area contributed by atoms with Crippen molar-refractivity contribution in [2.45, 2.75) is 0 Å². The average Bonchev–Trinajstić information content (AvgIpc) is 2.90. The number of rotatable bonds is 3. The summed E-state index contributed by atoms with van der Waals surface area (Å²) in [5, 5.41) is 34.0. The molecule has 0 N–H and O–H groups in total. The minimum Gasteiger partial charge on any atom is -0.286 e. The zero-order valence-electron chi connectivity index (χ0n) is 13.0. The van der Waals surface area contributed by atoms with Crippen molar-refractivity contribution in [2.24, 2.45) is 0 Å². The topological polar surface area (TPSA) is 172 Å². The smallest absolute Gasteiger partial charge is 0.286 e. The lowest BCUT2D eigenvalue weighted by atomic mass is 10.0. The molecule has 12 heteroatoms. The molecule has 1 aliphatic rings. The van der Waals surface area contributed by atoms with E-state index in [0.717, 1.165) is 6.07 Å². The van der Waals surface area contributed by atoms with Crippen LogP contribution in [0, 0.1) is 30.3 Å². The third kappa shape index (κ3) is 2.13. The van der Waals surface area contributed by atoms with Gasteiger partial charge in [-0.15, -0.1) is 0 Å². The third-order valence-corrected chi connectivity index (χ3v) is 4.08. The van der Waals surface area contributed by atoms with Crippen LogP contribution in [0.1, 0.15) is 16.1 Å². The molecular weight excluding hydrogens is 362 g/mol. The maximum absolute atomic E-state index is 12.7. The highest BCUT2D eigenvalue weighted by Gasteiger charge is 2.47. The Bertz CT molecular complexity index is 1240. The molecule has 4 rings (SSSR count). The van der Waals surface area contributed by atoms with Gasteiger partial charge in [-0.25, -0.2) is 9.97 Å². The zero-order chi connectivity index (χ0) is 19.5. The molecule has 0 radical (unpaired) electrons. The molecule has 1 heterocycles. The Balaban J connectivity index is 2.17. The summed E-state index contributed by atoms with van der Waals surface area (Å²) >= 11 is 0. The van der Waals surface area contributed by atoms with E-state index in [1.807, 2.05) is 0 Å². The fourth-order valence-electron chi connectivity index (χ4n) is 3.02. The van der Waals surface area contributed by atoms with Crippen molar-refractivity contribution < 1.29 is 19.6 Å². The van der Waals surface area contributed by atoms with Gasteiger partial charge in [-0.3, -0.25) is 35.1 Å². The number of aromatic nitrogens is 2. The number of para-hydroxylation sites is 2. The molecule has 1 aliphatic carbocycles. The monoisotopic (exact) mass is 367 g/mol. The van der Waals surface area contributed by atoms with Crippen LogP contribution in [0.5, 0.6) is 0 Å². The number of nitro groups is 3. The lowest BCUT2D eigenvalue weighted by Crippen LogP contribution is -2.07. The van der Waals surface area contributed by atoms with E-state index >= 15 is 0 Å². The van der Waals surface area contributed by atoms with E-state index in [0.29, 0.717) is 11.0 Å². The van der Waals surface area contributed by atoms with Crippen molar-refractivity contribution in [3.05, 3.63) is 71.9 Å². The van der Waals surface area contributed by atoms with Crippen molar-refractivity contribution in [1.82, 2.24) is 9.97 Å². The minimum absolute atomic E-state index is 0.0882. The number of hydrogen-bond donors (Lipinski definition) is 0. The van der Waals surface area contributed by atoms with Gasteiger partial charge in [-0.1, -0.05) is 12.1 Å². The van der Waals surface area contributed by atoms with Gasteiger partial charge < -0.3 is 0 Å². The van der Waals surface area contributed by atoms with Crippen molar-refractivity contribution in [1.29, 1.82) is 0 Å². The summed E-state index contributed by atoms with van der Waals surface area (Å²) < 4.78 is 0. The maximum Gasteiger partial charge on any atom is 0.423 e. The highest BCUT2D eigenvalue weighted by Crippen LogP contribution is 2.48. The van der Waals surface area contributed by atoms with Gasteiger partial charge in [0, 0.05) is 11.6 Å². The Labute approximate surface area is 147 Å². The summed E-state index contributed by atoms with van der Waals surface area (Å²) in [6.07, 6.45) is 0. The summed E-state index contributed by atoms with van der Waals surface area (Å²) in [7, 11) is 0. The molecule has 0 saturated carbocycles.